The van der Waals surface area contributed by atoms with Crippen molar-refractivity contribution < 1.29 is 9.90 Å². The van der Waals surface area contributed by atoms with E-state index in [1.165, 1.54) is 0 Å². The van der Waals surface area contributed by atoms with Gasteiger partial charge in [-0.2, -0.15) is 0 Å². The van der Waals surface area contributed by atoms with Gasteiger partial charge in [-0.25, -0.2) is 0 Å². The molecule has 0 radical (unpaired) electrons. The van der Waals surface area contributed by atoms with Gasteiger partial charge in [0.1, 0.15) is 0 Å². The number of nitrogens with zero attached hydrogens (tertiary/aromatic N) is 1. The van der Waals surface area contributed by atoms with Crippen molar-refractivity contribution >= 4 is 11.5 Å². The molecule has 1 heterocycles. The number of aliphatic hydroxyl groups excluding tert-OH is 1. The molecule has 0 bridgehead atoms. The number of fused-ring (bicyclic) bond motifs is 1. The summed E-state index contributed by atoms with van der Waals surface area (Å²) < 4.78 is 0. The van der Waals surface area contributed by atoms with E-state index in [4.69, 9.17) is 5.11 Å². The largest absolute Gasteiger partial charge is 0.396 e. The normalized spacial score (nSPS) is 15.1. The SMILES string of the molecule is O=C1CCN(CCCCO)c2ccccc21. The summed E-state index contributed by atoms with van der Waals surface area (Å²) in [5, 5.41) is 8.76. The van der Waals surface area contributed by atoms with Crippen LogP contribution in [0, 0.1) is 0 Å². The van der Waals surface area contributed by atoms with Gasteiger partial charge in [0, 0.05) is 37.4 Å². The average Bonchev–Trinajstić information content (AvgIpc) is 2.33. The number of hydrogen-bond acceptors (Lipinski definition) is 3. The third-order valence-electron chi connectivity index (χ3n) is 2.99. The lowest BCUT2D eigenvalue weighted by Crippen LogP contribution is -2.32. The van der Waals surface area contributed by atoms with E-state index in [0.717, 1.165) is 37.2 Å². The fourth-order valence-corrected chi connectivity index (χ4v) is 2.12. The molecule has 3 nitrogen and oxygen atoms in total. The predicted molar refractivity (Wildman–Crippen MR) is 63.9 cm³/mol. The Balaban J connectivity index is 2.12. The fourth-order valence-electron chi connectivity index (χ4n) is 2.12. The topological polar surface area (TPSA) is 40.5 Å². The molecule has 1 aromatic rings. The molecule has 86 valence electrons. The number of hydrogen-bond donors (Lipinski definition) is 1. The number of aliphatic hydroxyl groups is 1. The van der Waals surface area contributed by atoms with Gasteiger partial charge in [0.2, 0.25) is 0 Å². The number of carbonyl (C=O) groups excluding carboxylic acids is 1. The maximum absolute atomic E-state index is 11.7. The summed E-state index contributed by atoms with van der Waals surface area (Å²) in [5.74, 6) is 0.244. The molecule has 0 aliphatic carbocycles. The number of ketones is 1. The van der Waals surface area contributed by atoms with Crippen molar-refractivity contribution in [1.82, 2.24) is 0 Å². The van der Waals surface area contributed by atoms with E-state index in [2.05, 4.69) is 4.90 Å². The maximum Gasteiger partial charge on any atom is 0.166 e. The Hall–Kier alpha value is -1.35. The quantitative estimate of drug-likeness (QED) is 0.786. The molecule has 0 saturated carbocycles. The molecule has 0 spiro atoms. The van der Waals surface area contributed by atoms with Crippen molar-refractivity contribution in [2.75, 3.05) is 24.6 Å². The van der Waals surface area contributed by atoms with Crippen LogP contribution in [0.5, 0.6) is 0 Å². The van der Waals surface area contributed by atoms with Crippen molar-refractivity contribution in [3.63, 3.8) is 0 Å². The predicted octanol–water partition coefficient (Wildman–Crippen LogP) is 1.85. The second-order valence-electron chi connectivity index (χ2n) is 4.11. The van der Waals surface area contributed by atoms with Gasteiger partial charge in [0.15, 0.2) is 5.78 Å². The maximum atomic E-state index is 11.7. The Morgan fingerprint density at radius 1 is 1.25 bits per heavy atom. The number of unbranched alkanes of at least 4 members (excludes halogenated alkanes) is 1. The lowest BCUT2D eigenvalue weighted by molar-refractivity contribution is 0.0980. The second-order valence-corrected chi connectivity index (χ2v) is 4.11. The van der Waals surface area contributed by atoms with Crippen molar-refractivity contribution in [2.24, 2.45) is 0 Å². The van der Waals surface area contributed by atoms with Crippen LogP contribution in [0.2, 0.25) is 0 Å². The highest BCUT2D eigenvalue weighted by Crippen LogP contribution is 2.26. The number of Topliss-reactive ketones (excluding diaryl/α,β-unsaturated/α-hetero) is 1. The molecular weight excluding hydrogens is 202 g/mol. The number of benzene rings is 1. The molecule has 0 amide bonds. The Kier molecular flexibility index (Phi) is 3.57. The molecule has 3 heteroatoms. The van der Waals surface area contributed by atoms with E-state index in [9.17, 15) is 4.79 Å². The van der Waals surface area contributed by atoms with Gasteiger partial charge >= 0.3 is 0 Å². The van der Waals surface area contributed by atoms with E-state index >= 15 is 0 Å². The van der Waals surface area contributed by atoms with Crippen LogP contribution in [0.3, 0.4) is 0 Å². The van der Waals surface area contributed by atoms with Crippen LogP contribution in [0.1, 0.15) is 29.6 Å². The summed E-state index contributed by atoms with van der Waals surface area (Å²) in [7, 11) is 0. The van der Waals surface area contributed by atoms with Gasteiger partial charge < -0.3 is 10.0 Å². The van der Waals surface area contributed by atoms with Crippen molar-refractivity contribution in [3.8, 4) is 0 Å². The van der Waals surface area contributed by atoms with Gasteiger partial charge in [-0.05, 0) is 25.0 Å². The highest BCUT2D eigenvalue weighted by Gasteiger charge is 2.21. The molecule has 1 N–H and O–H groups in total. The molecule has 0 fully saturated rings. The molecule has 0 saturated heterocycles. The molecule has 0 unspecified atom stereocenters. The molecule has 1 aromatic carbocycles. The second kappa shape index (κ2) is 5.12. The van der Waals surface area contributed by atoms with Crippen molar-refractivity contribution in [1.29, 1.82) is 0 Å². The molecule has 2 rings (SSSR count). The Morgan fingerprint density at radius 3 is 2.88 bits per heavy atom. The summed E-state index contributed by atoms with van der Waals surface area (Å²) in [6.45, 7) is 1.97. The van der Waals surface area contributed by atoms with Gasteiger partial charge in [-0.15, -0.1) is 0 Å². The van der Waals surface area contributed by atoms with E-state index in [1.54, 1.807) is 0 Å². The first-order valence-corrected chi connectivity index (χ1v) is 5.81. The summed E-state index contributed by atoms with van der Waals surface area (Å²) >= 11 is 0. The zero-order chi connectivity index (χ0) is 11.4. The monoisotopic (exact) mass is 219 g/mol. The fraction of sp³-hybridized carbons (Fsp3) is 0.462. The minimum atomic E-state index is 0.244. The van der Waals surface area contributed by atoms with Crippen LogP contribution < -0.4 is 4.90 Å². The highest BCUT2D eigenvalue weighted by molar-refractivity contribution is 6.03. The number of carbonyl (C=O) groups is 1. The zero-order valence-corrected chi connectivity index (χ0v) is 9.35. The first-order valence-electron chi connectivity index (χ1n) is 5.81. The molecule has 16 heavy (non-hydrogen) atoms. The van der Waals surface area contributed by atoms with E-state index in [0.29, 0.717) is 6.42 Å². The van der Waals surface area contributed by atoms with E-state index in [-0.39, 0.29) is 12.4 Å². The van der Waals surface area contributed by atoms with Gasteiger partial charge in [0.25, 0.3) is 0 Å². The standard InChI is InChI=1S/C13H17NO2/c15-10-4-3-8-14-9-7-13(16)11-5-1-2-6-12(11)14/h1-2,5-6,15H,3-4,7-10H2. The Bertz CT molecular complexity index is 376. The smallest absolute Gasteiger partial charge is 0.166 e. The summed E-state index contributed by atoms with van der Waals surface area (Å²) in [6.07, 6.45) is 2.40. The number of rotatable bonds is 4. The highest BCUT2D eigenvalue weighted by atomic mass is 16.2. The molecular formula is C13H17NO2. The average molecular weight is 219 g/mol. The molecule has 0 atom stereocenters. The first kappa shape index (κ1) is 11.1. The molecule has 1 aliphatic rings. The van der Waals surface area contributed by atoms with Crippen LogP contribution >= 0.6 is 0 Å². The van der Waals surface area contributed by atoms with Crippen molar-refractivity contribution in [2.45, 2.75) is 19.3 Å². The number of anilines is 1. The lowest BCUT2D eigenvalue weighted by Gasteiger charge is -2.30. The van der Waals surface area contributed by atoms with Crippen LogP contribution in [0.25, 0.3) is 0 Å². The van der Waals surface area contributed by atoms with Crippen LogP contribution in [0.15, 0.2) is 24.3 Å². The number of para-hydroxylation sites is 1. The van der Waals surface area contributed by atoms with Crippen LogP contribution in [-0.2, 0) is 0 Å². The van der Waals surface area contributed by atoms with Gasteiger partial charge in [0.05, 0.1) is 0 Å². The van der Waals surface area contributed by atoms with Gasteiger partial charge in [-0.3, -0.25) is 4.79 Å². The lowest BCUT2D eigenvalue weighted by atomic mass is 10.0. The molecule has 0 aromatic heterocycles. The minimum Gasteiger partial charge on any atom is -0.396 e. The van der Waals surface area contributed by atoms with E-state index in [1.807, 2.05) is 24.3 Å². The van der Waals surface area contributed by atoms with E-state index < -0.39 is 0 Å². The van der Waals surface area contributed by atoms with Crippen LogP contribution in [-0.4, -0.2) is 30.6 Å². The minimum absolute atomic E-state index is 0.244. The van der Waals surface area contributed by atoms with Crippen molar-refractivity contribution in [3.05, 3.63) is 29.8 Å². The Morgan fingerprint density at radius 2 is 2.06 bits per heavy atom. The first-order chi connectivity index (χ1) is 7.83. The summed E-state index contributed by atoms with van der Waals surface area (Å²) in [5.41, 5.74) is 1.90. The molecule has 1 aliphatic heterocycles. The summed E-state index contributed by atoms with van der Waals surface area (Å²) in [6, 6.07) is 7.78. The third kappa shape index (κ3) is 2.25. The van der Waals surface area contributed by atoms with Crippen LogP contribution in [0.4, 0.5) is 5.69 Å². The van der Waals surface area contributed by atoms with Gasteiger partial charge in [-0.1, -0.05) is 12.1 Å². The third-order valence-corrected chi connectivity index (χ3v) is 2.99. The zero-order valence-electron chi connectivity index (χ0n) is 9.35. The Labute approximate surface area is 95.7 Å². The summed E-state index contributed by atoms with van der Waals surface area (Å²) in [4.78, 5) is 13.9.